The third-order valence-electron chi connectivity index (χ3n) is 3.92. The van der Waals surface area contributed by atoms with Crippen LogP contribution in [0, 0.1) is 11.3 Å². The van der Waals surface area contributed by atoms with E-state index >= 15 is 0 Å². The first-order chi connectivity index (χ1) is 12.1. The molecule has 25 heavy (non-hydrogen) atoms. The molecule has 0 aliphatic heterocycles. The average Bonchev–Trinajstić information content (AvgIpc) is 3.16. The topological polar surface area (TPSA) is 74.2 Å². The number of ether oxygens (including phenoxy) is 1. The number of hydrogen-bond acceptors (Lipinski definition) is 5. The zero-order chi connectivity index (χ0) is 17.8. The maximum atomic E-state index is 12.5. The molecule has 0 unspecified atom stereocenters. The monoisotopic (exact) mass is 371 g/mol. The Bertz CT molecular complexity index is 868. The maximum absolute atomic E-state index is 12.5. The summed E-state index contributed by atoms with van der Waals surface area (Å²) in [6.07, 6.45) is 3.01. The summed E-state index contributed by atoms with van der Waals surface area (Å²) in [7, 11) is 0. The SMILES string of the molecule is CCOc1ccccc1C(=O)NC(=S)Nc1sc2c(c1C#N)CCC2. The summed E-state index contributed by atoms with van der Waals surface area (Å²) in [5.74, 6) is 0.169. The summed E-state index contributed by atoms with van der Waals surface area (Å²) in [4.78, 5) is 13.7. The summed E-state index contributed by atoms with van der Waals surface area (Å²) >= 11 is 6.79. The molecule has 0 atom stereocenters. The van der Waals surface area contributed by atoms with Gasteiger partial charge in [0, 0.05) is 4.88 Å². The summed E-state index contributed by atoms with van der Waals surface area (Å²) in [5.41, 5.74) is 2.18. The van der Waals surface area contributed by atoms with E-state index < -0.39 is 0 Å². The van der Waals surface area contributed by atoms with Crippen molar-refractivity contribution in [1.29, 1.82) is 5.26 Å². The van der Waals surface area contributed by atoms with E-state index in [0.29, 0.717) is 28.5 Å². The molecule has 1 aliphatic carbocycles. The molecule has 1 aliphatic rings. The molecule has 0 spiro atoms. The molecule has 1 amide bonds. The minimum absolute atomic E-state index is 0.174. The highest BCUT2D eigenvalue weighted by molar-refractivity contribution is 7.80. The number of amides is 1. The van der Waals surface area contributed by atoms with E-state index in [1.807, 2.05) is 13.0 Å². The quantitative estimate of drug-likeness (QED) is 0.803. The first-order valence-corrected chi connectivity index (χ1v) is 9.25. The highest BCUT2D eigenvalue weighted by atomic mass is 32.1. The van der Waals surface area contributed by atoms with Gasteiger partial charge < -0.3 is 10.1 Å². The normalized spacial score (nSPS) is 12.2. The second-order valence-electron chi connectivity index (χ2n) is 5.51. The Morgan fingerprint density at radius 1 is 1.40 bits per heavy atom. The zero-order valence-electron chi connectivity index (χ0n) is 13.7. The van der Waals surface area contributed by atoms with Crippen LogP contribution in [0.2, 0.25) is 0 Å². The van der Waals surface area contributed by atoms with Crippen LogP contribution in [0.3, 0.4) is 0 Å². The Labute approximate surface area is 155 Å². The smallest absolute Gasteiger partial charge is 0.261 e. The van der Waals surface area contributed by atoms with Crippen LogP contribution in [0.1, 0.15) is 39.7 Å². The minimum Gasteiger partial charge on any atom is -0.493 e. The minimum atomic E-state index is -0.343. The summed E-state index contributed by atoms with van der Waals surface area (Å²) in [6.45, 7) is 2.33. The zero-order valence-corrected chi connectivity index (χ0v) is 15.4. The second-order valence-corrected chi connectivity index (χ2v) is 7.02. The fourth-order valence-corrected chi connectivity index (χ4v) is 4.35. The fraction of sp³-hybridized carbons (Fsp3) is 0.278. The number of carbonyl (C=O) groups is 1. The molecule has 128 valence electrons. The molecule has 1 aromatic heterocycles. The number of fused-ring (bicyclic) bond motifs is 1. The molecule has 3 rings (SSSR count). The standard InChI is InChI=1S/C18H17N3O2S2/c1-2-23-14-8-4-3-6-12(14)16(22)20-18(24)21-17-13(10-19)11-7-5-9-15(11)25-17/h3-4,6,8H,2,5,7,9H2,1H3,(H2,20,21,22,24). The van der Waals surface area contributed by atoms with E-state index in [1.54, 1.807) is 18.2 Å². The molecular formula is C18H17N3O2S2. The van der Waals surface area contributed by atoms with Crippen molar-refractivity contribution in [1.82, 2.24) is 5.32 Å². The third-order valence-corrected chi connectivity index (χ3v) is 5.33. The number of nitrogens with zero attached hydrogens (tertiary/aromatic N) is 1. The second kappa shape index (κ2) is 7.64. The predicted octanol–water partition coefficient (Wildman–Crippen LogP) is 3.63. The van der Waals surface area contributed by atoms with Crippen LogP contribution in [0.4, 0.5) is 5.00 Å². The van der Waals surface area contributed by atoms with Gasteiger partial charge in [-0.15, -0.1) is 11.3 Å². The van der Waals surface area contributed by atoms with Gasteiger partial charge in [0.2, 0.25) is 0 Å². The van der Waals surface area contributed by atoms with Crippen molar-refractivity contribution < 1.29 is 9.53 Å². The van der Waals surface area contributed by atoms with Gasteiger partial charge in [-0.1, -0.05) is 12.1 Å². The number of hydrogen-bond donors (Lipinski definition) is 2. The van der Waals surface area contributed by atoms with Gasteiger partial charge in [-0.25, -0.2) is 0 Å². The highest BCUT2D eigenvalue weighted by Gasteiger charge is 2.23. The van der Waals surface area contributed by atoms with E-state index in [4.69, 9.17) is 17.0 Å². The fourth-order valence-electron chi connectivity index (χ4n) is 2.85. The molecule has 0 saturated carbocycles. The van der Waals surface area contributed by atoms with Crippen molar-refractivity contribution in [2.75, 3.05) is 11.9 Å². The van der Waals surface area contributed by atoms with E-state index in [1.165, 1.54) is 16.2 Å². The number of thiocarbonyl (C=S) groups is 1. The summed E-state index contributed by atoms with van der Waals surface area (Å²) in [6, 6.07) is 9.25. The van der Waals surface area contributed by atoms with Crippen molar-refractivity contribution in [2.24, 2.45) is 0 Å². The first kappa shape index (κ1) is 17.4. The number of carbonyl (C=O) groups excluding carboxylic acids is 1. The van der Waals surface area contributed by atoms with Gasteiger partial charge in [0.05, 0.1) is 17.7 Å². The number of aryl methyl sites for hydroxylation is 1. The van der Waals surface area contributed by atoms with Gasteiger partial charge in [0.1, 0.15) is 16.8 Å². The summed E-state index contributed by atoms with van der Waals surface area (Å²) < 4.78 is 5.47. The van der Waals surface area contributed by atoms with Crippen molar-refractivity contribution in [3.05, 3.63) is 45.8 Å². The van der Waals surface area contributed by atoms with E-state index in [9.17, 15) is 10.1 Å². The largest absolute Gasteiger partial charge is 0.493 e. The van der Waals surface area contributed by atoms with Gasteiger partial charge in [0.15, 0.2) is 5.11 Å². The molecule has 2 aromatic rings. The van der Waals surface area contributed by atoms with Crippen LogP contribution in [0.5, 0.6) is 5.75 Å². The lowest BCUT2D eigenvalue weighted by atomic mass is 10.1. The maximum Gasteiger partial charge on any atom is 0.261 e. The van der Waals surface area contributed by atoms with E-state index in [-0.39, 0.29) is 11.0 Å². The Morgan fingerprint density at radius 3 is 2.96 bits per heavy atom. The van der Waals surface area contributed by atoms with Gasteiger partial charge >= 0.3 is 0 Å². The van der Waals surface area contributed by atoms with E-state index in [2.05, 4.69) is 16.7 Å². The molecule has 0 radical (unpaired) electrons. The van der Waals surface area contributed by atoms with Crippen molar-refractivity contribution in [2.45, 2.75) is 26.2 Å². The Kier molecular flexibility index (Phi) is 5.31. The number of nitriles is 1. The van der Waals surface area contributed by atoms with Crippen LogP contribution >= 0.6 is 23.6 Å². The van der Waals surface area contributed by atoms with Crippen LogP contribution in [-0.4, -0.2) is 17.6 Å². The molecule has 0 bridgehead atoms. The highest BCUT2D eigenvalue weighted by Crippen LogP contribution is 2.38. The van der Waals surface area contributed by atoms with Crippen LogP contribution < -0.4 is 15.4 Å². The third kappa shape index (κ3) is 3.65. The van der Waals surface area contributed by atoms with Crippen LogP contribution in [0.15, 0.2) is 24.3 Å². The predicted molar refractivity (Wildman–Crippen MR) is 102 cm³/mol. The molecule has 0 fully saturated rings. The number of nitrogens with one attached hydrogen (secondary N) is 2. The number of anilines is 1. The number of rotatable bonds is 4. The molecule has 1 aromatic carbocycles. The number of thiophene rings is 1. The lowest BCUT2D eigenvalue weighted by molar-refractivity contribution is 0.0974. The van der Waals surface area contributed by atoms with Gasteiger partial charge in [0.25, 0.3) is 5.91 Å². The lowest BCUT2D eigenvalue weighted by Gasteiger charge is -2.12. The Balaban J connectivity index is 1.72. The van der Waals surface area contributed by atoms with E-state index in [0.717, 1.165) is 24.8 Å². The van der Waals surface area contributed by atoms with Gasteiger partial charge in [-0.3, -0.25) is 10.1 Å². The molecule has 2 N–H and O–H groups in total. The number of para-hydroxylation sites is 1. The molecule has 5 nitrogen and oxygen atoms in total. The average molecular weight is 371 g/mol. The number of benzene rings is 1. The van der Waals surface area contributed by atoms with Gasteiger partial charge in [-0.05, 0) is 56.1 Å². The Morgan fingerprint density at radius 2 is 2.20 bits per heavy atom. The summed E-state index contributed by atoms with van der Waals surface area (Å²) in [5, 5.41) is 15.9. The van der Waals surface area contributed by atoms with Crippen molar-refractivity contribution in [3.63, 3.8) is 0 Å². The van der Waals surface area contributed by atoms with Crippen LogP contribution in [-0.2, 0) is 12.8 Å². The first-order valence-electron chi connectivity index (χ1n) is 8.02. The van der Waals surface area contributed by atoms with Crippen LogP contribution in [0.25, 0.3) is 0 Å². The van der Waals surface area contributed by atoms with Crippen molar-refractivity contribution >= 4 is 39.6 Å². The lowest BCUT2D eigenvalue weighted by Crippen LogP contribution is -2.34. The molecule has 1 heterocycles. The van der Waals surface area contributed by atoms with Gasteiger partial charge in [-0.2, -0.15) is 5.26 Å². The molecule has 7 heteroatoms. The Hall–Kier alpha value is -2.43. The molecule has 0 saturated heterocycles. The van der Waals surface area contributed by atoms with Crippen molar-refractivity contribution in [3.8, 4) is 11.8 Å². The molecular weight excluding hydrogens is 354 g/mol.